The van der Waals surface area contributed by atoms with Gasteiger partial charge in [-0.2, -0.15) is 18.3 Å². The molecule has 0 aliphatic rings. The Morgan fingerprint density at radius 1 is 1.08 bits per heavy atom. The second-order valence-corrected chi connectivity index (χ2v) is 11.0. The van der Waals surface area contributed by atoms with Gasteiger partial charge in [-0.15, -0.1) is 0 Å². The number of sulfonamides is 1. The Morgan fingerprint density at radius 2 is 1.76 bits per heavy atom. The SMILES string of the molecule is CN(C)c1ccc(C=NNC(=O)CN(c2ccc(Cl)c(C(F)(F)F)c2)S(=O)(=O)c2ccccc2)cc1Br. The number of anilines is 2. The molecule has 0 saturated carbocycles. The van der Waals surface area contributed by atoms with Gasteiger partial charge in [-0.3, -0.25) is 9.10 Å². The number of halogens is 5. The standard InChI is InChI=1S/C24H21BrClF3N4O3S/c1-32(2)22-11-8-16(12-20(22)25)14-30-31-23(34)15-33(37(35,36)18-6-4-3-5-7-18)17-9-10-21(26)19(13-17)24(27,28)29/h3-14H,15H2,1-2H3,(H,31,34). The summed E-state index contributed by atoms with van der Waals surface area (Å²) in [5.74, 6) is -0.872. The van der Waals surface area contributed by atoms with Crippen LogP contribution in [0.25, 0.3) is 0 Å². The van der Waals surface area contributed by atoms with E-state index < -0.39 is 39.2 Å². The zero-order valence-electron chi connectivity index (χ0n) is 19.5. The van der Waals surface area contributed by atoms with Crippen molar-refractivity contribution < 1.29 is 26.4 Å². The third-order valence-electron chi connectivity index (χ3n) is 5.02. The first-order chi connectivity index (χ1) is 17.3. The molecule has 37 heavy (non-hydrogen) atoms. The maximum atomic E-state index is 13.4. The molecule has 0 saturated heterocycles. The van der Waals surface area contributed by atoms with Crippen LogP contribution >= 0.6 is 27.5 Å². The van der Waals surface area contributed by atoms with Gasteiger partial charge in [0.1, 0.15) is 6.54 Å². The van der Waals surface area contributed by atoms with Crippen molar-refractivity contribution in [1.29, 1.82) is 0 Å². The molecule has 3 rings (SSSR count). The average Bonchev–Trinajstić information content (AvgIpc) is 2.82. The number of carbonyl (C=O) groups is 1. The van der Waals surface area contributed by atoms with Crippen LogP contribution < -0.4 is 14.6 Å². The molecule has 3 aromatic carbocycles. The Hall–Kier alpha value is -3.09. The number of alkyl halides is 3. The molecule has 0 atom stereocenters. The van der Waals surface area contributed by atoms with Crippen LogP contribution in [0.3, 0.4) is 0 Å². The van der Waals surface area contributed by atoms with E-state index in [2.05, 4.69) is 26.5 Å². The van der Waals surface area contributed by atoms with E-state index in [1.165, 1.54) is 30.5 Å². The molecular weight excluding hydrogens is 597 g/mol. The van der Waals surface area contributed by atoms with E-state index in [4.69, 9.17) is 11.6 Å². The summed E-state index contributed by atoms with van der Waals surface area (Å²) in [5.41, 5.74) is 2.16. The monoisotopic (exact) mass is 616 g/mol. The molecule has 13 heteroatoms. The van der Waals surface area contributed by atoms with Crippen molar-refractivity contribution in [3.8, 4) is 0 Å². The molecule has 0 radical (unpaired) electrons. The first-order valence-electron chi connectivity index (χ1n) is 10.5. The smallest absolute Gasteiger partial charge is 0.377 e. The Labute approximate surface area is 225 Å². The number of hydrogen-bond donors (Lipinski definition) is 1. The summed E-state index contributed by atoms with van der Waals surface area (Å²) in [7, 11) is -0.667. The highest BCUT2D eigenvalue weighted by Crippen LogP contribution is 2.38. The van der Waals surface area contributed by atoms with Crippen LogP contribution in [-0.2, 0) is 21.0 Å². The van der Waals surface area contributed by atoms with E-state index in [1.807, 2.05) is 25.1 Å². The lowest BCUT2D eigenvalue weighted by atomic mass is 10.2. The van der Waals surface area contributed by atoms with Crippen molar-refractivity contribution in [1.82, 2.24) is 5.43 Å². The lowest BCUT2D eigenvalue weighted by molar-refractivity contribution is -0.137. The molecule has 0 heterocycles. The van der Waals surface area contributed by atoms with Crippen LogP contribution in [-0.4, -0.2) is 41.2 Å². The minimum absolute atomic E-state index is 0.208. The van der Waals surface area contributed by atoms with Gasteiger partial charge in [-0.25, -0.2) is 13.8 Å². The van der Waals surface area contributed by atoms with Crippen molar-refractivity contribution in [3.05, 3.63) is 87.4 Å². The van der Waals surface area contributed by atoms with Gasteiger partial charge >= 0.3 is 6.18 Å². The molecule has 3 aromatic rings. The number of nitrogens with zero attached hydrogens (tertiary/aromatic N) is 3. The number of carbonyl (C=O) groups excluding carboxylic acids is 1. The van der Waals surface area contributed by atoms with Crippen molar-refractivity contribution >= 4 is 61.1 Å². The highest BCUT2D eigenvalue weighted by Gasteiger charge is 2.35. The number of amides is 1. The van der Waals surface area contributed by atoms with Gasteiger partial charge in [0, 0.05) is 18.6 Å². The van der Waals surface area contributed by atoms with Crippen LogP contribution in [0.2, 0.25) is 5.02 Å². The number of rotatable bonds is 8. The van der Waals surface area contributed by atoms with Gasteiger partial charge in [0.05, 0.1) is 33.1 Å². The minimum atomic E-state index is -4.84. The molecular formula is C24H21BrClF3N4O3S. The molecule has 1 N–H and O–H groups in total. The van der Waals surface area contributed by atoms with Gasteiger partial charge in [-0.1, -0.05) is 35.9 Å². The van der Waals surface area contributed by atoms with E-state index in [0.717, 1.165) is 22.3 Å². The summed E-state index contributed by atoms with van der Waals surface area (Å²) in [5, 5.41) is 3.25. The lowest BCUT2D eigenvalue weighted by Gasteiger charge is -2.24. The first kappa shape index (κ1) is 28.5. The number of nitrogens with one attached hydrogen (secondary N) is 1. The van der Waals surface area contributed by atoms with Crippen molar-refractivity contribution in [2.75, 3.05) is 29.8 Å². The van der Waals surface area contributed by atoms with Crippen LogP contribution in [0.15, 0.2) is 81.2 Å². The summed E-state index contributed by atoms with van der Waals surface area (Å²) in [6, 6.07) is 15.0. The van der Waals surface area contributed by atoms with Crippen molar-refractivity contribution in [3.63, 3.8) is 0 Å². The van der Waals surface area contributed by atoms with Gasteiger partial charge in [-0.05, 0) is 64.0 Å². The third kappa shape index (κ3) is 7.02. The molecule has 0 spiro atoms. The summed E-state index contributed by atoms with van der Waals surface area (Å²) in [4.78, 5) is 14.3. The minimum Gasteiger partial charge on any atom is -0.377 e. The number of hydrogen-bond acceptors (Lipinski definition) is 5. The molecule has 0 aliphatic carbocycles. The van der Waals surface area contributed by atoms with Crippen molar-refractivity contribution in [2.24, 2.45) is 5.10 Å². The van der Waals surface area contributed by atoms with Crippen LogP contribution in [0, 0.1) is 0 Å². The second kappa shape index (κ2) is 11.5. The largest absolute Gasteiger partial charge is 0.417 e. The van der Waals surface area contributed by atoms with Gasteiger partial charge in [0.25, 0.3) is 15.9 Å². The first-order valence-corrected chi connectivity index (χ1v) is 13.1. The van der Waals surface area contributed by atoms with E-state index in [1.54, 1.807) is 18.2 Å². The van der Waals surface area contributed by atoms with E-state index in [9.17, 15) is 26.4 Å². The van der Waals surface area contributed by atoms with Crippen molar-refractivity contribution in [2.45, 2.75) is 11.1 Å². The van der Waals surface area contributed by atoms with Crippen LogP contribution in [0.4, 0.5) is 24.5 Å². The quantitative estimate of drug-likeness (QED) is 0.266. The highest BCUT2D eigenvalue weighted by atomic mass is 79.9. The van der Waals surface area contributed by atoms with Crippen LogP contribution in [0.5, 0.6) is 0 Å². The molecule has 0 bridgehead atoms. The van der Waals surface area contributed by atoms with Gasteiger partial charge in [0.15, 0.2) is 0 Å². The fourth-order valence-electron chi connectivity index (χ4n) is 3.23. The summed E-state index contributed by atoms with van der Waals surface area (Å²) >= 11 is 9.14. The highest BCUT2D eigenvalue weighted by molar-refractivity contribution is 9.10. The molecule has 0 aromatic heterocycles. The predicted octanol–water partition coefficient (Wildman–Crippen LogP) is 5.53. The second-order valence-electron chi connectivity index (χ2n) is 7.89. The molecule has 0 unspecified atom stereocenters. The lowest BCUT2D eigenvalue weighted by Crippen LogP contribution is -2.39. The molecule has 7 nitrogen and oxygen atoms in total. The van der Waals surface area contributed by atoms with E-state index in [-0.39, 0.29) is 10.6 Å². The van der Waals surface area contributed by atoms with E-state index >= 15 is 0 Å². The predicted molar refractivity (Wildman–Crippen MR) is 142 cm³/mol. The topological polar surface area (TPSA) is 82.1 Å². The third-order valence-corrected chi connectivity index (χ3v) is 7.77. The normalized spacial score (nSPS) is 12.0. The zero-order valence-corrected chi connectivity index (χ0v) is 22.7. The number of hydrazone groups is 1. The Kier molecular flexibility index (Phi) is 8.88. The molecule has 196 valence electrons. The van der Waals surface area contributed by atoms with Gasteiger partial charge < -0.3 is 4.90 Å². The summed E-state index contributed by atoms with van der Waals surface area (Å²) in [6.45, 7) is -0.837. The Bertz CT molecular complexity index is 1420. The zero-order chi connectivity index (χ0) is 27.4. The summed E-state index contributed by atoms with van der Waals surface area (Å²) < 4.78 is 68.3. The summed E-state index contributed by atoms with van der Waals surface area (Å²) in [6.07, 6.45) is -3.49. The Morgan fingerprint density at radius 3 is 2.35 bits per heavy atom. The fraction of sp³-hybridized carbons (Fsp3) is 0.167. The maximum Gasteiger partial charge on any atom is 0.417 e. The van der Waals surface area contributed by atoms with Gasteiger partial charge in [0.2, 0.25) is 0 Å². The average molecular weight is 618 g/mol. The Balaban J connectivity index is 1.90. The molecule has 0 fully saturated rings. The maximum absolute atomic E-state index is 13.4. The fourth-order valence-corrected chi connectivity index (χ4v) is 5.64. The number of benzene rings is 3. The van der Waals surface area contributed by atoms with E-state index in [0.29, 0.717) is 15.9 Å². The molecule has 0 aliphatic heterocycles. The molecule has 1 amide bonds. The van der Waals surface area contributed by atoms with Crippen LogP contribution in [0.1, 0.15) is 11.1 Å².